The Kier molecular flexibility index (Phi) is 4.17. The molecular weight excluding hydrogens is 192 g/mol. The van der Waals surface area contributed by atoms with E-state index in [1.165, 1.54) is 0 Å². The molecule has 4 nitrogen and oxygen atoms in total. The van der Waals surface area contributed by atoms with E-state index in [1.54, 1.807) is 19.1 Å². The van der Waals surface area contributed by atoms with E-state index in [9.17, 15) is 4.79 Å². The van der Waals surface area contributed by atoms with Crippen LogP contribution in [0.25, 0.3) is 0 Å². The summed E-state index contributed by atoms with van der Waals surface area (Å²) in [6.45, 7) is 1.54. The molecule has 1 rings (SSSR count). The quantitative estimate of drug-likeness (QED) is 0.798. The number of para-hydroxylation sites is 1. The van der Waals surface area contributed by atoms with E-state index in [0.29, 0.717) is 5.75 Å². The minimum Gasteiger partial charge on any atom is -0.484 e. The van der Waals surface area contributed by atoms with Gasteiger partial charge in [0.2, 0.25) is 0 Å². The van der Waals surface area contributed by atoms with Gasteiger partial charge in [0.05, 0.1) is 6.07 Å². The van der Waals surface area contributed by atoms with Gasteiger partial charge in [-0.05, 0) is 19.1 Å². The Morgan fingerprint density at radius 3 is 2.80 bits per heavy atom. The number of rotatable bonds is 4. The maximum atomic E-state index is 11.2. The molecule has 1 unspecified atom stereocenters. The molecular formula is C11H12N2O2. The summed E-state index contributed by atoms with van der Waals surface area (Å²) in [6.07, 6.45) is 0. The number of carbonyl (C=O) groups excluding carboxylic acids is 1. The molecule has 0 bridgehead atoms. The fraction of sp³-hybridized carbons (Fsp3) is 0.273. The average Bonchev–Trinajstić information content (AvgIpc) is 2.27. The normalized spacial score (nSPS) is 11.2. The molecule has 0 aromatic heterocycles. The molecule has 0 fully saturated rings. The smallest absolute Gasteiger partial charge is 0.258 e. The Bertz CT molecular complexity index is 357. The van der Waals surface area contributed by atoms with Crippen LogP contribution in [0.4, 0.5) is 0 Å². The van der Waals surface area contributed by atoms with Gasteiger partial charge in [-0.25, -0.2) is 0 Å². The summed E-state index contributed by atoms with van der Waals surface area (Å²) in [5.41, 5.74) is 0. The van der Waals surface area contributed by atoms with Crippen LogP contribution in [0.2, 0.25) is 0 Å². The van der Waals surface area contributed by atoms with Crippen molar-refractivity contribution in [2.45, 2.75) is 13.0 Å². The highest BCUT2D eigenvalue weighted by Crippen LogP contribution is 2.07. The molecule has 0 radical (unpaired) electrons. The molecule has 4 heteroatoms. The van der Waals surface area contributed by atoms with Crippen LogP contribution in [0.3, 0.4) is 0 Å². The SMILES string of the molecule is CC(C#N)NC(=O)COc1ccccc1. The van der Waals surface area contributed by atoms with Crippen LogP contribution in [0.1, 0.15) is 6.92 Å². The highest BCUT2D eigenvalue weighted by Gasteiger charge is 2.06. The molecule has 1 atom stereocenters. The van der Waals surface area contributed by atoms with Crippen molar-refractivity contribution < 1.29 is 9.53 Å². The van der Waals surface area contributed by atoms with Gasteiger partial charge in [0.15, 0.2) is 6.61 Å². The summed E-state index contributed by atoms with van der Waals surface area (Å²) >= 11 is 0. The molecule has 1 aromatic rings. The first-order valence-electron chi connectivity index (χ1n) is 4.59. The van der Waals surface area contributed by atoms with Crippen LogP contribution < -0.4 is 10.1 Å². The standard InChI is InChI=1S/C11H12N2O2/c1-9(7-12)13-11(14)8-15-10-5-3-2-4-6-10/h2-6,9H,8H2,1H3,(H,13,14). The first-order valence-corrected chi connectivity index (χ1v) is 4.59. The summed E-state index contributed by atoms with van der Waals surface area (Å²) in [4.78, 5) is 11.2. The van der Waals surface area contributed by atoms with Crippen molar-refractivity contribution in [1.82, 2.24) is 5.32 Å². The lowest BCUT2D eigenvalue weighted by Crippen LogP contribution is -2.35. The highest BCUT2D eigenvalue weighted by molar-refractivity contribution is 5.78. The Labute approximate surface area is 88.5 Å². The second-order valence-corrected chi connectivity index (χ2v) is 3.02. The second kappa shape index (κ2) is 5.66. The summed E-state index contributed by atoms with van der Waals surface area (Å²) in [7, 11) is 0. The summed E-state index contributed by atoms with van der Waals surface area (Å²) in [6, 6.07) is 10.5. The van der Waals surface area contributed by atoms with Gasteiger partial charge >= 0.3 is 0 Å². The van der Waals surface area contributed by atoms with Crippen molar-refractivity contribution >= 4 is 5.91 Å². The lowest BCUT2D eigenvalue weighted by Gasteiger charge is -2.07. The van der Waals surface area contributed by atoms with E-state index in [2.05, 4.69) is 5.32 Å². The van der Waals surface area contributed by atoms with Crippen LogP contribution in [0.15, 0.2) is 30.3 Å². The average molecular weight is 204 g/mol. The minimum atomic E-state index is -0.489. The Morgan fingerprint density at radius 2 is 2.20 bits per heavy atom. The molecule has 0 saturated heterocycles. The number of hydrogen-bond acceptors (Lipinski definition) is 3. The molecule has 0 saturated carbocycles. The number of nitriles is 1. The zero-order valence-corrected chi connectivity index (χ0v) is 8.43. The number of carbonyl (C=O) groups is 1. The third-order valence-corrected chi connectivity index (χ3v) is 1.68. The molecule has 1 aromatic carbocycles. The number of amides is 1. The number of ether oxygens (including phenoxy) is 1. The molecule has 1 amide bonds. The summed E-state index contributed by atoms with van der Waals surface area (Å²) < 4.78 is 5.19. The van der Waals surface area contributed by atoms with Gasteiger partial charge in [0.1, 0.15) is 11.8 Å². The lowest BCUT2D eigenvalue weighted by molar-refractivity contribution is -0.123. The van der Waals surface area contributed by atoms with E-state index in [0.717, 1.165) is 0 Å². The van der Waals surface area contributed by atoms with Crippen molar-refractivity contribution in [1.29, 1.82) is 5.26 Å². The zero-order valence-electron chi connectivity index (χ0n) is 8.43. The molecule has 0 heterocycles. The molecule has 78 valence electrons. The fourth-order valence-corrected chi connectivity index (χ4v) is 0.981. The first kappa shape index (κ1) is 11.1. The van der Waals surface area contributed by atoms with Crippen LogP contribution in [0.5, 0.6) is 5.75 Å². The Balaban J connectivity index is 2.32. The number of nitrogens with one attached hydrogen (secondary N) is 1. The molecule has 0 aliphatic carbocycles. The first-order chi connectivity index (χ1) is 7.22. The minimum absolute atomic E-state index is 0.0734. The Morgan fingerprint density at radius 1 is 1.53 bits per heavy atom. The molecule has 0 spiro atoms. The van der Waals surface area contributed by atoms with Crippen molar-refractivity contribution in [2.75, 3.05) is 6.61 Å². The molecule has 0 aliphatic rings. The van der Waals surface area contributed by atoms with Gasteiger partial charge in [-0.1, -0.05) is 18.2 Å². The predicted molar refractivity (Wildman–Crippen MR) is 55.2 cm³/mol. The topological polar surface area (TPSA) is 62.1 Å². The van der Waals surface area contributed by atoms with E-state index in [4.69, 9.17) is 10.00 Å². The fourth-order valence-electron chi connectivity index (χ4n) is 0.981. The maximum Gasteiger partial charge on any atom is 0.258 e. The van der Waals surface area contributed by atoms with Crippen molar-refractivity contribution in [3.05, 3.63) is 30.3 Å². The number of benzene rings is 1. The Hall–Kier alpha value is -2.02. The lowest BCUT2D eigenvalue weighted by atomic mass is 10.3. The molecule has 15 heavy (non-hydrogen) atoms. The third-order valence-electron chi connectivity index (χ3n) is 1.68. The largest absolute Gasteiger partial charge is 0.484 e. The van der Waals surface area contributed by atoms with Crippen molar-refractivity contribution in [2.24, 2.45) is 0 Å². The van der Waals surface area contributed by atoms with E-state index >= 15 is 0 Å². The highest BCUT2D eigenvalue weighted by atomic mass is 16.5. The number of hydrogen-bond donors (Lipinski definition) is 1. The van der Waals surface area contributed by atoms with E-state index < -0.39 is 6.04 Å². The van der Waals surface area contributed by atoms with Crippen LogP contribution in [-0.2, 0) is 4.79 Å². The van der Waals surface area contributed by atoms with E-state index in [-0.39, 0.29) is 12.5 Å². The number of nitrogens with zero attached hydrogens (tertiary/aromatic N) is 1. The van der Waals surface area contributed by atoms with Gasteiger partial charge in [0, 0.05) is 0 Å². The second-order valence-electron chi connectivity index (χ2n) is 3.02. The van der Waals surface area contributed by atoms with Gasteiger partial charge in [-0.3, -0.25) is 4.79 Å². The van der Waals surface area contributed by atoms with E-state index in [1.807, 2.05) is 24.3 Å². The van der Waals surface area contributed by atoms with Gasteiger partial charge in [-0.15, -0.1) is 0 Å². The third kappa shape index (κ3) is 4.14. The molecule has 0 aliphatic heterocycles. The van der Waals surface area contributed by atoms with Crippen LogP contribution in [0, 0.1) is 11.3 Å². The van der Waals surface area contributed by atoms with Gasteiger partial charge < -0.3 is 10.1 Å². The maximum absolute atomic E-state index is 11.2. The van der Waals surface area contributed by atoms with Crippen LogP contribution >= 0.6 is 0 Å². The summed E-state index contributed by atoms with van der Waals surface area (Å²) in [5.74, 6) is 0.338. The monoisotopic (exact) mass is 204 g/mol. The van der Waals surface area contributed by atoms with Crippen LogP contribution in [-0.4, -0.2) is 18.6 Å². The van der Waals surface area contributed by atoms with Gasteiger partial charge in [-0.2, -0.15) is 5.26 Å². The van der Waals surface area contributed by atoms with Crippen molar-refractivity contribution in [3.63, 3.8) is 0 Å². The van der Waals surface area contributed by atoms with Crippen molar-refractivity contribution in [3.8, 4) is 11.8 Å². The molecule has 1 N–H and O–H groups in total. The van der Waals surface area contributed by atoms with Gasteiger partial charge in [0.25, 0.3) is 5.91 Å². The summed E-state index contributed by atoms with van der Waals surface area (Å²) in [5, 5.41) is 10.9. The zero-order chi connectivity index (χ0) is 11.1. The predicted octanol–water partition coefficient (Wildman–Crippen LogP) is 1.09.